The van der Waals surface area contributed by atoms with Crippen LogP contribution in [0.4, 0.5) is 5.69 Å². The number of likely N-dealkylation sites (N-methyl/N-ethyl adjacent to an activating group) is 1. The lowest BCUT2D eigenvalue weighted by molar-refractivity contribution is -0.134. The standard InChI is InChI=1S/C30H38N4O8S/c1-18-14-34(19(2)17-35)28(36)13-24-12-25(32-43(39,40)29-20(3)31-42-21(29)4)10-11-26(24)41-27(18)16-33(5)15-22-6-8-23(9-7-22)30(37)38/h6-12,18-19,27,32,35H,13-17H2,1-5H3,(H,37,38)/t18-,19-,27+/m1/s1. The van der Waals surface area contributed by atoms with E-state index < -0.39 is 22.0 Å². The van der Waals surface area contributed by atoms with Crippen molar-refractivity contribution in [3.63, 3.8) is 0 Å². The van der Waals surface area contributed by atoms with Gasteiger partial charge in [-0.2, -0.15) is 0 Å². The van der Waals surface area contributed by atoms with Crippen LogP contribution in [0, 0.1) is 19.8 Å². The number of nitrogens with one attached hydrogen (secondary N) is 1. The monoisotopic (exact) mass is 614 g/mol. The number of carboxylic acids is 1. The highest BCUT2D eigenvalue weighted by molar-refractivity contribution is 7.92. The number of benzene rings is 2. The molecular weight excluding hydrogens is 576 g/mol. The highest BCUT2D eigenvalue weighted by atomic mass is 32.2. The number of amides is 1. The van der Waals surface area contributed by atoms with E-state index in [0.29, 0.717) is 30.9 Å². The van der Waals surface area contributed by atoms with Crippen LogP contribution in [0.5, 0.6) is 5.75 Å². The Balaban J connectivity index is 1.62. The normalized spacial score (nSPS) is 18.3. The molecule has 1 aliphatic rings. The molecule has 12 nitrogen and oxygen atoms in total. The number of sulfonamides is 1. The number of fused-ring (bicyclic) bond motifs is 1. The van der Waals surface area contributed by atoms with Crippen molar-refractivity contribution >= 4 is 27.6 Å². The lowest BCUT2D eigenvalue weighted by atomic mass is 10.0. The zero-order valence-corrected chi connectivity index (χ0v) is 25.7. The van der Waals surface area contributed by atoms with E-state index in [1.165, 1.54) is 6.92 Å². The predicted octanol–water partition coefficient (Wildman–Crippen LogP) is 3.07. The molecular formula is C30H38N4O8S. The fourth-order valence-corrected chi connectivity index (χ4v) is 6.59. The van der Waals surface area contributed by atoms with Crippen molar-refractivity contribution in [2.45, 2.75) is 57.7 Å². The van der Waals surface area contributed by atoms with Gasteiger partial charge in [-0.1, -0.05) is 24.2 Å². The summed E-state index contributed by atoms with van der Waals surface area (Å²) < 4.78 is 40.4. The molecule has 232 valence electrons. The Hall–Kier alpha value is -3.94. The average molecular weight is 615 g/mol. The van der Waals surface area contributed by atoms with Crippen molar-refractivity contribution in [3.05, 3.63) is 70.6 Å². The number of aromatic nitrogens is 1. The largest absolute Gasteiger partial charge is 0.488 e. The summed E-state index contributed by atoms with van der Waals surface area (Å²) in [5.74, 6) is -0.695. The van der Waals surface area contributed by atoms with Gasteiger partial charge in [0.1, 0.15) is 17.5 Å². The number of rotatable bonds is 10. The molecule has 3 atom stereocenters. The number of carbonyl (C=O) groups is 2. The van der Waals surface area contributed by atoms with Gasteiger partial charge in [-0.3, -0.25) is 14.4 Å². The van der Waals surface area contributed by atoms with Crippen LogP contribution in [0.25, 0.3) is 0 Å². The second-order valence-corrected chi connectivity index (χ2v) is 12.8. The van der Waals surface area contributed by atoms with Crippen molar-refractivity contribution in [1.29, 1.82) is 0 Å². The molecule has 0 saturated heterocycles. The lowest BCUT2D eigenvalue weighted by Gasteiger charge is -2.34. The molecule has 0 saturated carbocycles. The van der Waals surface area contributed by atoms with Crippen molar-refractivity contribution in [2.75, 3.05) is 31.5 Å². The third kappa shape index (κ3) is 7.53. The highest BCUT2D eigenvalue weighted by Gasteiger charge is 2.32. The van der Waals surface area contributed by atoms with Crippen LogP contribution in [-0.2, 0) is 27.8 Å². The molecule has 1 aromatic heterocycles. The first-order chi connectivity index (χ1) is 20.3. The van der Waals surface area contributed by atoms with Gasteiger partial charge in [0.15, 0.2) is 10.7 Å². The molecule has 1 aliphatic heterocycles. The van der Waals surface area contributed by atoms with Gasteiger partial charge < -0.3 is 24.4 Å². The molecule has 43 heavy (non-hydrogen) atoms. The Kier molecular flexibility index (Phi) is 9.78. The maximum absolute atomic E-state index is 13.5. The maximum atomic E-state index is 13.5. The van der Waals surface area contributed by atoms with Gasteiger partial charge in [0.05, 0.1) is 24.6 Å². The van der Waals surface area contributed by atoms with E-state index in [1.807, 2.05) is 14.0 Å². The molecule has 13 heteroatoms. The number of nitrogens with zero attached hydrogens (tertiary/aromatic N) is 3. The minimum absolute atomic E-state index is 0.0409. The Morgan fingerprint density at radius 2 is 1.91 bits per heavy atom. The highest BCUT2D eigenvalue weighted by Crippen LogP contribution is 2.31. The van der Waals surface area contributed by atoms with Crippen LogP contribution in [0.15, 0.2) is 51.9 Å². The Morgan fingerprint density at radius 3 is 2.51 bits per heavy atom. The fraction of sp³-hybridized carbons (Fsp3) is 0.433. The van der Waals surface area contributed by atoms with E-state index in [9.17, 15) is 28.2 Å². The second-order valence-electron chi connectivity index (χ2n) is 11.2. The molecule has 2 aromatic carbocycles. The van der Waals surface area contributed by atoms with Crippen molar-refractivity contribution < 1.29 is 37.5 Å². The zero-order valence-electron chi connectivity index (χ0n) is 24.9. The van der Waals surface area contributed by atoms with Gasteiger partial charge in [-0.05, 0) is 63.7 Å². The minimum atomic E-state index is -4.01. The Labute approximate surface area is 251 Å². The SMILES string of the molecule is Cc1noc(C)c1S(=O)(=O)Nc1ccc2c(c1)CC(=O)N([C@H](C)CO)C[C@@H](C)[C@H](CN(C)Cc1ccc(C(=O)O)cc1)O2. The van der Waals surface area contributed by atoms with Crippen LogP contribution < -0.4 is 9.46 Å². The first kappa shape index (κ1) is 32.0. The van der Waals surface area contributed by atoms with Gasteiger partial charge in [0.25, 0.3) is 10.0 Å². The molecule has 3 N–H and O–H groups in total. The predicted molar refractivity (Wildman–Crippen MR) is 159 cm³/mol. The Bertz CT molecular complexity index is 1550. The topological polar surface area (TPSA) is 163 Å². The summed E-state index contributed by atoms with van der Waals surface area (Å²) in [4.78, 5) is 28.4. The van der Waals surface area contributed by atoms with Gasteiger partial charge in [0, 0.05) is 36.8 Å². The third-order valence-corrected chi connectivity index (χ3v) is 9.18. The number of carbonyl (C=O) groups excluding carboxylic acids is 1. The van der Waals surface area contributed by atoms with E-state index in [-0.39, 0.29) is 58.6 Å². The van der Waals surface area contributed by atoms with E-state index in [4.69, 9.17) is 9.26 Å². The van der Waals surface area contributed by atoms with Gasteiger partial charge in [0.2, 0.25) is 5.91 Å². The van der Waals surface area contributed by atoms with Crippen LogP contribution in [0.1, 0.15) is 46.8 Å². The summed E-state index contributed by atoms with van der Waals surface area (Å²) >= 11 is 0. The van der Waals surface area contributed by atoms with Crippen LogP contribution in [-0.4, -0.2) is 84.4 Å². The second kappa shape index (κ2) is 13.1. The van der Waals surface area contributed by atoms with Gasteiger partial charge >= 0.3 is 5.97 Å². The fourth-order valence-electron chi connectivity index (χ4n) is 5.21. The molecule has 3 aromatic rings. The molecule has 0 bridgehead atoms. The van der Waals surface area contributed by atoms with Crippen molar-refractivity contribution in [3.8, 4) is 5.75 Å². The van der Waals surface area contributed by atoms with Gasteiger partial charge in [-0.15, -0.1) is 0 Å². The van der Waals surface area contributed by atoms with E-state index in [0.717, 1.165) is 5.56 Å². The number of anilines is 1. The third-order valence-electron chi connectivity index (χ3n) is 7.55. The van der Waals surface area contributed by atoms with E-state index >= 15 is 0 Å². The summed E-state index contributed by atoms with van der Waals surface area (Å²) in [5, 5.41) is 22.8. The summed E-state index contributed by atoms with van der Waals surface area (Å²) in [7, 11) is -2.08. The summed E-state index contributed by atoms with van der Waals surface area (Å²) in [5.41, 5.74) is 2.14. The van der Waals surface area contributed by atoms with Gasteiger partial charge in [-0.25, -0.2) is 13.2 Å². The molecule has 4 rings (SSSR count). The first-order valence-corrected chi connectivity index (χ1v) is 15.4. The quantitative estimate of drug-likeness (QED) is 0.309. The summed E-state index contributed by atoms with van der Waals surface area (Å²) in [6.45, 7) is 8.00. The zero-order chi connectivity index (χ0) is 31.5. The minimum Gasteiger partial charge on any atom is -0.488 e. The average Bonchev–Trinajstić information content (AvgIpc) is 3.31. The number of aliphatic hydroxyl groups is 1. The summed E-state index contributed by atoms with van der Waals surface area (Å²) in [6, 6.07) is 11.1. The first-order valence-electron chi connectivity index (χ1n) is 14.0. The van der Waals surface area contributed by atoms with E-state index in [1.54, 1.807) is 61.2 Å². The number of aryl methyl sites for hydroxylation is 2. The number of ether oxygens (including phenoxy) is 1. The number of carboxylic acid groups (broad SMARTS) is 1. The molecule has 1 amide bonds. The molecule has 0 fully saturated rings. The van der Waals surface area contributed by atoms with E-state index in [2.05, 4.69) is 14.8 Å². The molecule has 0 radical (unpaired) electrons. The van der Waals surface area contributed by atoms with Crippen molar-refractivity contribution in [1.82, 2.24) is 15.0 Å². The molecule has 0 aliphatic carbocycles. The number of hydrogen-bond acceptors (Lipinski definition) is 9. The summed E-state index contributed by atoms with van der Waals surface area (Å²) in [6.07, 6.45) is -0.419. The smallest absolute Gasteiger partial charge is 0.335 e. The maximum Gasteiger partial charge on any atom is 0.335 e. The van der Waals surface area contributed by atoms with Crippen LogP contribution >= 0.6 is 0 Å². The van der Waals surface area contributed by atoms with Crippen LogP contribution in [0.2, 0.25) is 0 Å². The van der Waals surface area contributed by atoms with Crippen LogP contribution in [0.3, 0.4) is 0 Å². The number of aliphatic hydroxyl groups excluding tert-OH is 1. The number of aromatic carboxylic acids is 1. The molecule has 2 heterocycles. The number of hydrogen-bond donors (Lipinski definition) is 3. The molecule has 0 unspecified atom stereocenters. The van der Waals surface area contributed by atoms with Crippen molar-refractivity contribution in [2.24, 2.45) is 5.92 Å². The lowest BCUT2D eigenvalue weighted by Crippen LogP contribution is -2.47. The Morgan fingerprint density at radius 1 is 1.21 bits per heavy atom. The molecule has 0 spiro atoms.